The van der Waals surface area contributed by atoms with Gasteiger partial charge in [0.25, 0.3) is 0 Å². The average molecular weight is 271 g/mol. The molecule has 0 saturated carbocycles. The van der Waals surface area contributed by atoms with Gasteiger partial charge in [0, 0.05) is 23.3 Å². The number of thioether (sulfide) groups is 1. The highest BCUT2D eigenvalue weighted by Crippen LogP contribution is 2.25. The summed E-state index contributed by atoms with van der Waals surface area (Å²) in [7, 11) is 0. The van der Waals surface area contributed by atoms with Crippen LogP contribution in [0.2, 0.25) is 0 Å². The van der Waals surface area contributed by atoms with Crippen LogP contribution in [0.5, 0.6) is 0 Å². The zero-order chi connectivity index (χ0) is 13.8. The molecule has 1 N–H and O–H groups in total. The van der Waals surface area contributed by atoms with Crippen LogP contribution in [0.4, 0.5) is 0 Å². The van der Waals surface area contributed by atoms with E-state index in [1.165, 1.54) is 0 Å². The SMILES string of the molecule is CC(C)(C)NCCc1nc(CSC(C)(C)C)no1. The molecule has 0 fully saturated rings. The number of hydrogen-bond donors (Lipinski definition) is 1. The lowest BCUT2D eigenvalue weighted by molar-refractivity contribution is 0.359. The number of nitrogens with one attached hydrogen (secondary N) is 1. The Morgan fingerprint density at radius 3 is 2.39 bits per heavy atom. The molecule has 0 aliphatic heterocycles. The summed E-state index contributed by atoms with van der Waals surface area (Å²) in [5, 5.41) is 7.40. The Labute approximate surface area is 114 Å². The summed E-state index contributed by atoms with van der Waals surface area (Å²) in [6.07, 6.45) is 0.782. The second kappa shape index (κ2) is 6.06. The highest BCUT2D eigenvalue weighted by Gasteiger charge is 2.14. The lowest BCUT2D eigenvalue weighted by Crippen LogP contribution is -2.37. The summed E-state index contributed by atoms with van der Waals surface area (Å²) in [5.41, 5.74) is 0.130. The summed E-state index contributed by atoms with van der Waals surface area (Å²) in [4.78, 5) is 4.39. The Morgan fingerprint density at radius 2 is 1.83 bits per heavy atom. The molecular weight excluding hydrogens is 246 g/mol. The molecule has 1 aromatic heterocycles. The van der Waals surface area contributed by atoms with Crippen LogP contribution in [0.1, 0.15) is 53.3 Å². The van der Waals surface area contributed by atoms with Crippen LogP contribution in [0.3, 0.4) is 0 Å². The molecule has 1 aromatic rings. The first kappa shape index (κ1) is 15.5. The van der Waals surface area contributed by atoms with Gasteiger partial charge in [-0.3, -0.25) is 0 Å². The van der Waals surface area contributed by atoms with Crippen LogP contribution in [0.15, 0.2) is 4.52 Å². The first-order valence-corrected chi connectivity index (χ1v) is 7.35. The lowest BCUT2D eigenvalue weighted by atomic mass is 10.1. The van der Waals surface area contributed by atoms with Crippen molar-refractivity contribution in [2.75, 3.05) is 6.54 Å². The van der Waals surface area contributed by atoms with Crippen molar-refractivity contribution in [3.63, 3.8) is 0 Å². The van der Waals surface area contributed by atoms with Gasteiger partial charge in [-0.2, -0.15) is 4.98 Å². The zero-order valence-corrected chi connectivity index (χ0v) is 13.1. The van der Waals surface area contributed by atoms with Crippen LogP contribution in [-0.4, -0.2) is 27.0 Å². The molecule has 0 bridgehead atoms. The molecule has 0 atom stereocenters. The largest absolute Gasteiger partial charge is 0.339 e. The van der Waals surface area contributed by atoms with Crippen molar-refractivity contribution < 1.29 is 4.52 Å². The monoisotopic (exact) mass is 271 g/mol. The van der Waals surface area contributed by atoms with Crippen molar-refractivity contribution in [3.8, 4) is 0 Å². The van der Waals surface area contributed by atoms with Gasteiger partial charge in [-0.15, -0.1) is 11.8 Å². The van der Waals surface area contributed by atoms with Gasteiger partial charge >= 0.3 is 0 Å². The Bertz CT molecular complexity index is 363. The minimum absolute atomic E-state index is 0.130. The van der Waals surface area contributed by atoms with E-state index in [1.807, 2.05) is 11.8 Å². The van der Waals surface area contributed by atoms with E-state index < -0.39 is 0 Å². The summed E-state index contributed by atoms with van der Waals surface area (Å²) in [6.45, 7) is 13.9. The molecule has 0 radical (unpaired) electrons. The summed E-state index contributed by atoms with van der Waals surface area (Å²) >= 11 is 1.83. The average Bonchev–Trinajstić information content (AvgIpc) is 2.60. The van der Waals surface area contributed by atoms with Crippen LogP contribution >= 0.6 is 11.8 Å². The van der Waals surface area contributed by atoms with Crippen molar-refractivity contribution in [2.24, 2.45) is 0 Å². The zero-order valence-electron chi connectivity index (χ0n) is 12.3. The van der Waals surface area contributed by atoms with Crippen molar-refractivity contribution in [1.29, 1.82) is 0 Å². The third kappa shape index (κ3) is 7.01. The molecule has 18 heavy (non-hydrogen) atoms. The van der Waals surface area contributed by atoms with Crippen LogP contribution in [-0.2, 0) is 12.2 Å². The maximum atomic E-state index is 5.23. The normalized spacial score (nSPS) is 13.0. The maximum absolute atomic E-state index is 5.23. The second-order valence-corrected chi connectivity index (χ2v) is 8.23. The van der Waals surface area contributed by atoms with Gasteiger partial charge in [0.05, 0.1) is 5.75 Å². The molecule has 0 aliphatic carbocycles. The van der Waals surface area contributed by atoms with E-state index in [0.717, 1.165) is 30.4 Å². The quantitative estimate of drug-likeness (QED) is 0.892. The predicted octanol–water partition coefficient (Wildman–Crippen LogP) is 3.03. The molecular formula is C13H25N3OS. The molecule has 104 valence electrons. The van der Waals surface area contributed by atoms with Gasteiger partial charge in [-0.05, 0) is 20.8 Å². The van der Waals surface area contributed by atoms with E-state index in [1.54, 1.807) is 0 Å². The fourth-order valence-corrected chi connectivity index (χ4v) is 1.96. The van der Waals surface area contributed by atoms with Crippen LogP contribution in [0, 0.1) is 0 Å². The predicted molar refractivity (Wildman–Crippen MR) is 76.8 cm³/mol. The van der Waals surface area contributed by atoms with Crippen molar-refractivity contribution in [3.05, 3.63) is 11.7 Å². The number of nitrogens with zero attached hydrogens (tertiary/aromatic N) is 2. The number of aromatic nitrogens is 2. The van der Waals surface area contributed by atoms with Crippen LogP contribution < -0.4 is 5.32 Å². The molecule has 5 heteroatoms. The lowest BCUT2D eigenvalue weighted by Gasteiger charge is -2.19. The van der Waals surface area contributed by atoms with E-state index in [2.05, 4.69) is 57.0 Å². The Morgan fingerprint density at radius 1 is 1.17 bits per heavy atom. The fraction of sp³-hybridized carbons (Fsp3) is 0.846. The van der Waals surface area contributed by atoms with Crippen LogP contribution in [0.25, 0.3) is 0 Å². The number of hydrogen-bond acceptors (Lipinski definition) is 5. The van der Waals surface area contributed by atoms with Crippen molar-refractivity contribution in [2.45, 2.75) is 64.0 Å². The third-order valence-corrected chi connectivity index (χ3v) is 3.41. The van der Waals surface area contributed by atoms with Gasteiger partial charge in [-0.1, -0.05) is 25.9 Å². The van der Waals surface area contributed by atoms with E-state index in [9.17, 15) is 0 Å². The van der Waals surface area contributed by atoms with Gasteiger partial charge in [-0.25, -0.2) is 0 Å². The molecule has 1 rings (SSSR count). The van der Waals surface area contributed by atoms with Gasteiger partial charge in [0.15, 0.2) is 5.82 Å². The van der Waals surface area contributed by atoms with Gasteiger partial charge in [0.2, 0.25) is 5.89 Å². The van der Waals surface area contributed by atoms with Crippen molar-refractivity contribution >= 4 is 11.8 Å². The minimum atomic E-state index is 0.130. The topological polar surface area (TPSA) is 51.0 Å². The molecule has 0 unspecified atom stereocenters. The molecule has 0 aliphatic rings. The summed E-state index contributed by atoms with van der Waals surface area (Å²) in [5.74, 6) is 2.32. The molecule has 1 heterocycles. The molecule has 0 aromatic carbocycles. The summed E-state index contributed by atoms with van der Waals surface area (Å²) in [6, 6.07) is 0. The highest BCUT2D eigenvalue weighted by atomic mass is 32.2. The highest BCUT2D eigenvalue weighted by molar-refractivity contribution is 7.99. The molecule has 0 amide bonds. The Balaban J connectivity index is 2.35. The second-order valence-electron chi connectivity index (χ2n) is 6.43. The first-order valence-electron chi connectivity index (χ1n) is 6.36. The maximum Gasteiger partial charge on any atom is 0.227 e. The molecule has 0 spiro atoms. The Hall–Kier alpha value is -0.550. The number of rotatable bonds is 5. The fourth-order valence-electron chi connectivity index (χ4n) is 1.28. The molecule has 0 saturated heterocycles. The van der Waals surface area contributed by atoms with Gasteiger partial charge in [0.1, 0.15) is 0 Å². The van der Waals surface area contributed by atoms with E-state index in [-0.39, 0.29) is 10.3 Å². The standard InChI is InChI=1S/C13H25N3OS/c1-12(2,3)14-8-7-11-15-10(16-17-11)9-18-13(4,5)6/h14H,7-9H2,1-6H3. The van der Waals surface area contributed by atoms with Gasteiger partial charge < -0.3 is 9.84 Å². The molecule has 4 nitrogen and oxygen atoms in total. The Kier molecular flexibility index (Phi) is 5.22. The van der Waals surface area contributed by atoms with E-state index >= 15 is 0 Å². The smallest absolute Gasteiger partial charge is 0.227 e. The minimum Gasteiger partial charge on any atom is -0.339 e. The first-order chi connectivity index (χ1) is 8.16. The van der Waals surface area contributed by atoms with E-state index in [0.29, 0.717) is 0 Å². The van der Waals surface area contributed by atoms with Crippen molar-refractivity contribution in [1.82, 2.24) is 15.5 Å². The summed E-state index contributed by atoms with van der Waals surface area (Å²) < 4.78 is 5.46. The van der Waals surface area contributed by atoms with E-state index in [4.69, 9.17) is 4.52 Å². The third-order valence-electron chi connectivity index (χ3n) is 2.14.